The number of ether oxygens (including phenoxy) is 1. The minimum atomic E-state index is -0.604. The SMILES string of the molecule is N#C/C(=C/c1ccc(OCc2cccc(F)c2)cc1)C(=O)Nc1cccc(Cl)c1Cl. The molecule has 0 aliphatic carbocycles. The van der Waals surface area contributed by atoms with Gasteiger partial charge in [0.2, 0.25) is 0 Å². The molecule has 3 aromatic rings. The monoisotopic (exact) mass is 440 g/mol. The Morgan fingerprint density at radius 1 is 1.10 bits per heavy atom. The summed E-state index contributed by atoms with van der Waals surface area (Å²) in [5.41, 5.74) is 1.56. The summed E-state index contributed by atoms with van der Waals surface area (Å²) in [5, 5.41) is 12.4. The quantitative estimate of drug-likeness (QED) is 0.363. The van der Waals surface area contributed by atoms with Crippen LogP contribution in [0, 0.1) is 17.1 Å². The number of rotatable bonds is 6. The Morgan fingerprint density at radius 3 is 2.53 bits per heavy atom. The molecule has 7 heteroatoms. The van der Waals surface area contributed by atoms with Crippen molar-refractivity contribution in [3.05, 3.63) is 99.3 Å². The summed E-state index contributed by atoms with van der Waals surface area (Å²) >= 11 is 12.0. The molecule has 0 saturated heterocycles. The second-order valence-electron chi connectivity index (χ2n) is 6.21. The van der Waals surface area contributed by atoms with Gasteiger partial charge in [0.05, 0.1) is 15.7 Å². The molecular formula is C23H15Cl2FN2O2. The predicted octanol–water partition coefficient (Wildman–Crippen LogP) is 6.26. The summed E-state index contributed by atoms with van der Waals surface area (Å²) in [6, 6.07) is 19.7. The fourth-order valence-corrected chi connectivity index (χ4v) is 2.91. The molecular weight excluding hydrogens is 426 g/mol. The molecule has 0 unspecified atom stereocenters. The van der Waals surface area contributed by atoms with Gasteiger partial charge in [-0.05, 0) is 53.6 Å². The van der Waals surface area contributed by atoms with Gasteiger partial charge in [0, 0.05) is 0 Å². The van der Waals surface area contributed by atoms with E-state index in [-0.39, 0.29) is 23.0 Å². The van der Waals surface area contributed by atoms with Crippen molar-refractivity contribution in [3.8, 4) is 11.8 Å². The summed E-state index contributed by atoms with van der Waals surface area (Å²) in [6.45, 7) is 0.221. The van der Waals surface area contributed by atoms with Crippen LogP contribution in [0.25, 0.3) is 6.08 Å². The average Bonchev–Trinajstić information content (AvgIpc) is 2.74. The molecule has 3 aromatic carbocycles. The Bertz CT molecular complexity index is 1140. The summed E-state index contributed by atoms with van der Waals surface area (Å²) in [5.74, 6) is -0.351. The second kappa shape index (κ2) is 9.93. The first-order valence-electron chi connectivity index (χ1n) is 8.81. The van der Waals surface area contributed by atoms with Crippen LogP contribution in [0.4, 0.5) is 10.1 Å². The first-order valence-corrected chi connectivity index (χ1v) is 9.56. The number of nitrogens with zero attached hydrogens (tertiary/aromatic N) is 1. The highest BCUT2D eigenvalue weighted by Gasteiger charge is 2.12. The molecule has 0 fully saturated rings. The predicted molar refractivity (Wildman–Crippen MR) is 116 cm³/mol. The second-order valence-corrected chi connectivity index (χ2v) is 7.00. The van der Waals surface area contributed by atoms with E-state index < -0.39 is 5.91 Å². The molecule has 150 valence electrons. The zero-order valence-electron chi connectivity index (χ0n) is 15.5. The Kier molecular flexibility index (Phi) is 7.08. The number of hydrogen-bond acceptors (Lipinski definition) is 3. The standard InChI is InChI=1S/C23H15Cl2FN2O2/c24-20-5-2-6-21(22(20)25)28-23(29)17(13-27)11-15-7-9-19(10-8-15)30-14-16-3-1-4-18(26)12-16/h1-12H,14H2,(H,28,29)/b17-11-. The summed E-state index contributed by atoms with van der Waals surface area (Å²) in [6.07, 6.45) is 1.45. The molecule has 1 N–H and O–H groups in total. The van der Waals surface area contributed by atoms with Gasteiger partial charge in [0.25, 0.3) is 5.91 Å². The summed E-state index contributed by atoms with van der Waals surface area (Å²) in [4.78, 5) is 12.4. The van der Waals surface area contributed by atoms with Crippen molar-refractivity contribution in [2.24, 2.45) is 0 Å². The Balaban J connectivity index is 1.67. The van der Waals surface area contributed by atoms with Gasteiger partial charge in [0.1, 0.15) is 29.8 Å². The van der Waals surface area contributed by atoms with E-state index >= 15 is 0 Å². The lowest BCUT2D eigenvalue weighted by Gasteiger charge is -2.08. The number of carbonyl (C=O) groups is 1. The topological polar surface area (TPSA) is 62.1 Å². The molecule has 0 saturated carbocycles. The number of benzene rings is 3. The van der Waals surface area contributed by atoms with Gasteiger partial charge in [0.15, 0.2) is 0 Å². The maximum absolute atomic E-state index is 13.2. The molecule has 0 aliphatic rings. The van der Waals surface area contributed by atoms with Crippen molar-refractivity contribution in [2.75, 3.05) is 5.32 Å². The van der Waals surface area contributed by atoms with Crippen LogP contribution in [0.1, 0.15) is 11.1 Å². The van der Waals surface area contributed by atoms with Crippen LogP contribution in [-0.2, 0) is 11.4 Å². The molecule has 0 aliphatic heterocycles. The Morgan fingerprint density at radius 2 is 1.83 bits per heavy atom. The summed E-state index contributed by atoms with van der Waals surface area (Å²) < 4.78 is 18.8. The van der Waals surface area contributed by atoms with Gasteiger partial charge >= 0.3 is 0 Å². The van der Waals surface area contributed by atoms with E-state index in [1.807, 2.05) is 6.07 Å². The fraction of sp³-hybridized carbons (Fsp3) is 0.0435. The van der Waals surface area contributed by atoms with E-state index in [1.54, 1.807) is 54.6 Å². The molecule has 0 radical (unpaired) electrons. The Labute approximate surface area is 183 Å². The zero-order valence-corrected chi connectivity index (χ0v) is 17.0. The van der Waals surface area contributed by atoms with Crippen molar-refractivity contribution in [2.45, 2.75) is 6.61 Å². The number of hydrogen-bond donors (Lipinski definition) is 1. The van der Waals surface area contributed by atoms with Crippen molar-refractivity contribution < 1.29 is 13.9 Å². The number of nitriles is 1. The van der Waals surface area contributed by atoms with Gasteiger partial charge in [-0.25, -0.2) is 4.39 Å². The van der Waals surface area contributed by atoms with E-state index in [9.17, 15) is 14.4 Å². The highest BCUT2D eigenvalue weighted by atomic mass is 35.5. The molecule has 1 amide bonds. The first-order chi connectivity index (χ1) is 14.5. The molecule has 0 heterocycles. The molecule has 0 aromatic heterocycles. The van der Waals surface area contributed by atoms with E-state index in [0.29, 0.717) is 27.6 Å². The summed E-state index contributed by atoms with van der Waals surface area (Å²) in [7, 11) is 0. The minimum absolute atomic E-state index is 0.0977. The fourth-order valence-electron chi connectivity index (χ4n) is 2.56. The number of halogens is 3. The number of carbonyl (C=O) groups excluding carboxylic acids is 1. The van der Waals surface area contributed by atoms with Gasteiger partial charge in [-0.15, -0.1) is 0 Å². The molecule has 3 rings (SSSR count). The largest absolute Gasteiger partial charge is 0.489 e. The van der Waals surface area contributed by atoms with Crippen LogP contribution in [0.2, 0.25) is 10.0 Å². The van der Waals surface area contributed by atoms with Gasteiger partial charge in [-0.3, -0.25) is 4.79 Å². The van der Waals surface area contributed by atoms with Crippen molar-refractivity contribution in [1.29, 1.82) is 5.26 Å². The molecule has 0 atom stereocenters. The Hall–Kier alpha value is -3.33. The third kappa shape index (κ3) is 5.60. The van der Waals surface area contributed by atoms with Crippen LogP contribution in [0.3, 0.4) is 0 Å². The van der Waals surface area contributed by atoms with Crippen LogP contribution >= 0.6 is 23.2 Å². The lowest BCUT2D eigenvalue weighted by molar-refractivity contribution is -0.112. The van der Waals surface area contributed by atoms with Crippen LogP contribution in [-0.4, -0.2) is 5.91 Å². The zero-order chi connectivity index (χ0) is 21.5. The smallest absolute Gasteiger partial charge is 0.266 e. The molecule has 4 nitrogen and oxygen atoms in total. The number of anilines is 1. The van der Waals surface area contributed by atoms with E-state index in [0.717, 1.165) is 0 Å². The number of nitrogens with one attached hydrogen (secondary N) is 1. The van der Waals surface area contributed by atoms with Crippen LogP contribution in [0.5, 0.6) is 5.75 Å². The van der Waals surface area contributed by atoms with Gasteiger partial charge in [-0.1, -0.05) is 53.5 Å². The van der Waals surface area contributed by atoms with Gasteiger partial charge < -0.3 is 10.1 Å². The lowest BCUT2D eigenvalue weighted by atomic mass is 10.1. The average molecular weight is 441 g/mol. The highest BCUT2D eigenvalue weighted by molar-refractivity contribution is 6.44. The maximum Gasteiger partial charge on any atom is 0.266 e. The molecule has 30 heavy (non-hydrogen) atoms. The molecule has 0 bridgehead atoms. The van der Waals surface area contributed by atoms with E-state index in [1.165, 1.54) is 18.2 Å². The minimum Gasteiger partial charge on any atom is -0.489 e. The first kappa shape index (κ1) is 21.4. The van der Waals surface area contributed by atoms with E-state index in [4.69, 9.17) is 27.9 Å². The molecule has 0 spiro atoms. The van der Waals surface area contributed by atoms with Gasteiger partial charge in [-0.2, -0.15) is 5.26 Å². The maximum atomic E-state index is 13.2. The number of amides is 1. The van der Waals surface area contributed by atoms with Crippen molar-refractivity contribution >= 4 is 40.9 Å². The normalized spacial score (nSPS) is 10.9. The van der Waals surface area contributed by atoms with E-state index in [2.05, 4.69) is 5.32 Å². The third-order valence-electron chi connectivity index (χ3n) is 4.05. The highest BCUT2D eigenvalue weighted by Crippen LogP contribution is 2.29. The van der Waals surface area contributed by atoms with Crippen molar-refractivity contribution in [1.82, 2.24) is 0 Å². The van der Waals surface area contributed by atoms with Crippen molar-refractivity contribution in [3.63, 3.8) is 0 Å². The third-order valence-corrected chi connectivity index (χ3v) is 4.87. The van der Waals surface area contributed by atoms with Crippen LogP contribution in [0.15, 0.2) is 72.3 Å². The lowest BCUT2D eigenvalue weighted by Crippen LogP contribution is -2.13. The van der Waals surface area contributed by atoms with Crippen LogP contribution < -0.4 is 10.1 Å².